The molecule has 32 nitrogen and oxygen atoms in total. The van der Waals surface area contributed by atoms with E-state index in [1.54, 1.807) is 24.3 Å². The first-order valence-electron chi connectivity index (χ1n) is 27.3. The Labute approximate surface area is 503 Å². The second-order valence-electron chi connectivity index (χ2n) is 21.9. The number of aryl methyl sites for hydroxylation is 2. The van der Waals surface area contributed by atoms with Gasteiger partial charge in [0.15, 0.2) is 33.8 Å². The number of nitrogens with one attached hydrogen (secondary N) is 4. The molecule has 4 atom stereocenters. The number of nitrogens with zero attached hydrogens (tertiary/aromatic N) is 10. The highest BCUT2D eigenvalue weighted by molar-refractivity contribution is 7.81. The molecular weight excluding hydrogens is 1200 g/mol. The van der Waals surface area contributed by atoms with Gasteiger partial charge in [-0.1, -0.05) is 10.3 Å². The summed E-state index contributed by atoms with van der Waals surface area (Å²) in [6.07, 6.45) is 4.32. The highest BCUT2D eigenvalue weighted by atomic mass is 32.3. The lowest BCUT2D eigenvalue weighted by molar-refractivity contribution is -0.795. The third-order valence-corrected chi connectivity index (χ3v) is 17.4. The Hall–Kier alpha value is -8.61. The second kappa shape index (κ2) is 24.6. The summed E-state index contributed by atoms with van der Waals surface area (Å²) >= 11 is 1.84. The minimum Gasteiger partial charge on any atom is -0.489 e. The fraction of sp³-hybridized carbons (Fsp3) is 0.462. The Morgan fingerprint density at radius 3 is 1.40 bits per heavy atom. The van der Waals surface area contributed by atoms with Crippen LogP contribution in [0.4, 0.5) is 10.3 Å². The van der Waals surface area contributed by atoms with Crippen molar-refractivity contribution in [3.8, 4) is 11.5 Å². The van der Waals surface area contributed by atoms with Crippen molar-refractivity contribution in [2.75, 3.05) is 50.9 Å². The molecule has 0 unspecified atom stereocenters. The lowest BCUT2D eigenvalue weighted by Gasteiger charge is -2.52. The van der Waals surface area contributed by atoms with Crippen molar-refractivity contribution in [3.63, 3.8) is 0 Å². The maximum Gasteiger partial charge on any atom is 0.442 e. The maximum absolute atomic E-state index is 13.9. The van der Waals surface area contributed by atoms with Gasteiger partial charge in [0.25, 0.3) is 35.8 Å². The Bertz CT molecular complexity index is 3610. The molecule has 0 saturated carbocycles. The molecule has 87 heavy (non-hydrogen) atoms. The number of ether oxygens (including phenoxy) is 2. The van der Waals surface area contributed by atoms with Gasteiger partial charge in [0.05, 0.1) is 35.9 Å². The summed E-state index contributed by atoms with van der Waals surface area (Å²) in [7, 11) is -1.44. The number of nitrogen functional groups attached to an aromatic ring is 2. The summed E-state index contributed by atoms with van der Waals surface area (Å²) in [6, 6.07) is 8.15. The lowest BCUT2D eigenvalue weighted by atomic mass is 9.84. The van der Waals surface area contributed by atoms with Crippen LogP contribution in [0.3, 0.4) is 0 Å². The van der Waals surface area contributed by atoms with Gasteiger partial charge in [0.2, 0.25) is 12.4 Å². The first kappa shape index (κ1) is 61.5. The number of carbonyl (C=O) groups excluding carboxylic acids is 4. The SMILES string of the molecule is Cn1c2ccc(OC[C@H](O/N=C(\C(=O)N[C@@H]3C(=O)N(OS(=O)(=O)ON4C(=O)[C@@H](NC(=O)/C(=N\O[C@@H](COc5ccc6c(c5)c[n+](C5CCNCC5)n6C)C(=O)O)c5csc(N)n5)C4(C)C)C3(C)C)c3csc(N)n3)C(=O)O)cc2c[n+]1C1CCNCC1. The second-order valence-corrected chi connectivity index (χ2v) is 24.8. The molecule has 464 valence electrons. The van der Waals surface area contributed by atoms with Gasteiger partial charge in [-0.15, -0.1) is 40.6 Å². The quantitative estimate of drug-likeness (QED) is 0.0167. The summed E-state index contributed by atoms with van der Waals surface area (Å²) in [5.41, 5.74) is 8.73. The number of carboxylic acid groups (broad SMARTS) is 2. The summed E-state index contributed by atoms with van der Waals surface area (Å²) < 4.78 is 57.1. The van der Waals surface area contributed by atoms with E-state index in [2.05, 4.69) is 60.3 Å². The van der Waals surface area contributed by atoms with Crippen LogP contribution in [-0.2, 0) is 71.5 Å². The molecule has 8 heterocycles. The molecule has 0 spiro atoms. The first-order valence-corrected chi connectivity index (χ1v) is 30.4. The van der Waals surface area contributed by atoms with Crippen molar-refractivity contribution >= 4 is 112 Å². The third kappa shape index (κ3) is 12.8. The Kier molecular flexibility index (Phi) is 17.4. The zero-order valence-corrected chi connectivity index (χ0v) is 50.2. The maximum atomic E-state index is 13.9. The molecule has 35 heteroatoms. The molecular formula is C52H64N16O16S3+2. The van der Waals surface area contributed by atoms with Crippen molar-refractivity contribution in [1.82, 2.24) is 50.7 Å². The Morgan fingerprint density at radius 2 is 1.07 bits per heavy atom. The topological polar surface area (TPSA) is 407 Å². The lowest BCUT2D eigenvalue weighted by Crippen LogP contribution is -2.78. The molecule has 4 fully saturated rings. The molecule has 2 aromatic carbocycles. The fourth-order valence-electron chi connectivity index (χ4n) is 10.5. The van der Waals surface area contributed by atoms with Gasteiger partial charge in [0, 0.05) is 62.6 Å². The van der Waals surface area contributed by atoms with Crippen LogP contribution >= 0.6 is 22.7 Å². The average Bonchev–Trinajstić information content (AvgIpc) is 1.63. The Morgan fingerprint density at radius 1 is 0.690 bits per heavy atom. The van der Waals surface area contributed by atoms with Crippen LogP contribution in [0.5, 0.6) is 11.5 Å². The third-order valence-electron chi connectivity index (χ3n) is 15.4. The van der Waals surface area contributed by atoms with Gasteiger partial charge in [0.1, 0.15) is 59.2 Å². The van der Waals surface area contributed by atoms with Crippen molar-refractivity contribution in [3.05, 3.63) is 70.9 Å². The predicted octanol–water partition coefficient (Wildman–Crippen LogP) is -0.303. The van der Waals surface area contributed by atoms with Gasteiger partial charge in [-0.2, -0.15) is 27.9 Å². The van der Waals surface area contributed by atoms with E-state index in [0.29, 0.717) is 33.7 Å². The number of carboxylic acids is 2. The molecule has 10 N–H and O–H groups in total. The van der Waals surface area contributed by atoms with Crippen molar-refractivity contribution in [1.29, 1.82) is 0 Å². The van der Waals surface area contributed by atoms with E-state index in [9.17, 15) is 47.4 Å². The van der Waals surface area contributed by atoms with Gasteiger partial charge < -0.3 is 62.1 Å². The number of anilines is 2. The van der Waals surface area contributed by atoms with Gasteiger partial charge in [-0.25, -0.2) is 19.6 Å². The number of hydroxylamine groups is 4. The number of hydrogen-bond donors (Lipinski definition) is 8. The van der Waals surface area contributed by atoms with Crippen LogP contribution in [0.1, 0.15) is 76.8 Å². The highest BCUT2D eigenvalue weighted by Crippen LogP contribution is 2.37. The number of fused-ring (bicyclic) bond motifs is 2. The minimum absolute atomic E-state index is 0.0000479. The normalized spacial score (nSPS) is 19.9. The number of piperidine rings is 2. The molecule has 0 bridgehead atoms. The number of thiazole rings is 2. The van der Waals surface area contributed by atoms with Crippen LogP contribution in [0.15, 0.2) is 69.9 Å². The fourth-order valence-corrected chi connectivity index (χ4v) is 12.5. The molecule has 4 aromatic heterocycles. The molecule has 6 aromatic rings. The predicted molar refractivity (Wildman–Crippen MR) is 307 cm³/mol. The Balaban J connectivity index is 0.748. The van der Waals surface area contributed by atoms with Crippen molar-refractivity contribution in [2.45, 2.75) is 101 Å². The first-order chi connectivity index (χ1) is 41.3. The number of carbonyl (C=O) groups is 6. The van der Waals surface area contributed by atoms with E-state index in [0.717, 1.165) is 96.3 Å². The van der Waals surface area contributed by atoms with Gasteiger partial charge >= 0.3 is 22.3 Å². The summed E-state index contributed by atoms with van der Waals surface area (Å²) in [5.74, 6) is -6.77. The number of benzene rings is 2. The van der Waals surface area contributed by atoms with Crippen LogP contribution in [0, 0.1) is 0 Å². The molecule has 4 saturated heterocycles. The number of oxime groups is 2. The van der Waals surface area contributed by atoms with E-state index < -0.39 is 106 Å². The zero-order valence-electron chi connectivity index (χ0n) is 47.8. The summed E-state index contributed by atoms with van der Waals surface area (Å²) in [4.78, 5) is 98.8. The van der Waals surface area contributed by atoms with E-state index in [4.69, 9.17) is 39.2 Å². The minimum atomic E-state index is -5.36. The summed E-state index contributed by atoms with van der Waals surface area (Å²) in [5, 5.41) is 44.6. The van der Waals surface area contributed by atoms with E-state index in [-0.39, 0.29) is 21.7 Å². The molecule has 0 radical (unpaired) electrons. The number of hydrogen-bond acceptors (Lipinski definition) is 24. The largest absolute Gasteiger partial charge is 0.489 e. The van der Waals surface area contributed by atoms with Crippen LogP contribution in [0.25, 0.3) is 21.8 Å². The van der Waals surface area contributed by atoms with Crippen molar-refractivity contribution in [2.24, 2.45) is 24.4 Å². The van der Waals surface area contributed by atoms with Crippen LogP contribution in [-0.4, -0.2) is 170 Å². The number of amides is 4. The number of rotatable bonds is 24. The molecule has 4 aliphatic heterocycles. The van der Waals surface area contributed by atoms with E-state index in [1.807, 2.05) is 38.6 Å². The smallest absolute Gasteiger partial charge is 0.442 e. The molecule has 0 aliphatic carbocycles. The molecule has 4 amide bonds. The highest BCUT2D eigenvalue weighted by Gasteiger charge is 2.61. The van der Waals surface area contributed by atoms with Gasteiger partial charge in [-0.3, -0.25) is 19.2 Å². The molecule has 10 rings (SSSR count). The van der Waals surface area contributed by atoms with Gasteiger partial charge in [-0.05, 0) is 64.1 Å². The molecule has 4 aliphatic rings. The van der Waals surface area contributed by atoms with E-state index in [1.165, 1.54) is 38.5 Å². The van der Waals surface area contributed by atoms with Crippen LogP contribution < -0.4 is 51.6 Å². The number of aromatic nitrogens is 6. The number of nitrogens with two attached hydrogens (primary N) is 2. The number of β-lactam (4-membered cyclic amide) rings is 2. The van der Waals surface area contributed by atoms with E-state index >= 15 is 0 Å². The standard InChI is InChI=1S/C52H62N16O16S3/c1-51(2)41(59-43(69)39(33-25-85-49(53)57-33)61-81-37(47(73)74)23-79-31-7-9-35-27(19-31)21-65(63(35)5)29-11-15-55-16-12-29)45(71)67(51)83-87(77,78)84-68-46(72)42(52(68,3)4)60-44(70)40(34-26-86-50(54)58-34)62-82-38(48(75)76)24-80-32-8-10-36-28(20-32)22-66(64(36)6)30-13-17-56-18-14-30/h7-10,19-22,25-26,29-30,37-38,41-42,55-56H,11-18,23-24H2,1-6H3,(H6-2,53,54,57,58,59,60,69,70,73,74,75,76)/p+2/b61-39-,62-40-/t37-,38-,41+,42+/m0/s1. The summed E-state index contributed by atoms with van der Waals surface area (Å²) in [6.45, 7) is 7.78. The monoisotopic (exact) mass is 1260 g/mol. The van der Waals surface area contributed by atoms with Crippen LogP contribution in [0.2, 0.25) is 0 Å². The zero-order chi connectivity index (χ0) is 62.3. The van der Waals surface area contributed by atoms with Crippen molar-refractivity contribution < 1.29 is 84.5 Å². The number of aliphatic carboxylic acids is 2. The average molecular weight is 1270 g/mol.